The lowest BCUT2D eigenvalue weighted by atomic mass is 10.1. The van der Waals surface area contributed by atoms with Crippen molar-refractivity contribution in [2.75, 3.05) is 33.8 Å². The number of ether oxygens (including phenoxy) is 4. The van der Waals surface area contributed by atoms with Crippen LogP contribution in [0.1, 0.15) is 10.4 Å². The number of para-hydroxylation sites is 2. The zero-order valence-electron chi connectivity index (χ0n) is 18.2. The zero-order chi connectivity index (χ0) is 22.7. The molecule has 1 heterocycles. The van der Waals surface area contributed by atoms with E-state index in [9.17, 15) is 4.79 Å². The molecule has 0 spiro atoms. The predicted molar refractivity (Wildman–Crippen MR) is 122 cm³/mol. The average molecular weight is 433 g/mol. The first-order valence-electron chi connectivity index (χ1n) is 9.81. The highest BCUT2D eigenvalue weighted by Crippen LogP contribution is 2.38. The van der Waals surface area contributed by atoms with E-state index in [1.165, 1.54) is 21.3 Å². The summed E-state index contributed by atoms with van der Waals surface area (Å²) in [6.07, 6.45) is 1.73. The number of methoxy groups -OCH3 is 4. The minimum Gasteiger partial charge on any atom is -0.495 e. The van der Waals surface area contributed by atoms with E-state index in [0.717, 1.165) is 22.5 Å². The monoisotopic (exact) mass is 433 g/mol. The van der Waals surface area contributed by atoms with Gasteiger partial charge in [0.2, 0.25) is 5.75 Å². The Morgan fingerprint density at radius 1 is 0.844 bits per heavy atom. The van der Waals surface area contributed by atoms with Gasteiger partial charge in [0.25, 0.3) is 5.91 Å². The van der Waals surface area contributed by atoms with Crippen LogP contribution in [0.2, 0.25) is 0 Å². The van der Waals surface area contributed by atoms with E-state index < -0.39 is 0 Å². The molecular weight excluding hydrogens is 410 g/mol. The van der Waals surface area contributed by atoms with Crippen molar-refractivity contribution in [2.45, 2.75) is 0 Å². The van der Waals surface area contributed by atoms with Gasteiger partial charge in [-0.05, 0) is 42.5 Å². The Morgan fingerprint density at radius 3 is 2.19 bits per heavy atom. The Kier molecular flexibility index (Phi) is 5.85. The molecule has 0 fully saturated rings. The number of anilines is 1. The standard InChI is InChI=1S/C24H23N3O5/c1-29-20-8-6-5-7-19(20)27-14-25-17-13-16(9-10-18(17)27)26-24(28)15-11-21(30-2)23(32-4)22(12-15)31-3/h5-14H,1-4H3,(H,26,28). The summed E-state index contributed by atoms with van der Waals surface area (Å²) < 4.78 is 23.4. The number of nitrogens with one attached hydrogen (secondary N) is 1. The molecule has 0 saturated carbocycles. The normalized spacial score (nSPS) is 10.6. The van der Waals surface area contributed by atoms with Crippen LogP contribution >= 0.6 is 0 Å². The van der Waals surface area contributed by atoms with Gasteiger partial charge in [0.05, 0.1) is 45.2 Å². The van der Waals surface area contributed by atoms with Crippen LogP contribution in [0.4, 0.5) is 5.69 Å². The molecule has 0 radical (unpaired) electrons. The molecule has 4 rings (SSSR count). The van der Waals surface area contributed by atoms with Crippen molar-refractivity contribution in [2.24, 2.45) is 0 Å². The number of benzene rings is 3. The quantitative estimate of drug-likeness (QED) is 0.468. The number of amides is 1. The largest absolute Gasteiger partial charge is 0.495 e. The molecule has 8 heteroatoms. The molecule has 0 bridgehead atoms. The van der Waals surface area contributed by atoms with Crippen molar-refractivity contribution in [3.05, 3.63) is 66.5 Å². The third kappa shape index (κ3) is 3.78. The zero-order valence-corrected chi connectivity index (χ0v) is 18.2. The molecule has 0 atom stereocenters. The van der Waals surface area contributed by atoms with E-state index in [-0.39, 0.29) is 5.91 Å². The Bertz CT molecular complexity index is 1260. The molecule has 4 aromatic rings. The van der Waals surface area contributed by atoms with Crippen LogP contribution in [0.5, 0.6) is 23.0 Å². The summed E-state index contributed by atoms with van der Waals surface area (Å²) in [4.78, 5) is 17.4. The van der Waals surface area contributed by atoms with Gasteiger partial charge in [-0.15, -0.1) is 0 Å². The summed E-state index contributed by atoms with van der Waals surface area (Å²) in [5, 5.41) is 2.90. The van der Waals surface area contributed by atoms with Crippen molar-refractivity contribution in [1.29, 1.82) is 0 Å². The van der Waals surface area contributed by atoms with Gasteiger partial charge < -0.3 is 24.3 Å². The lowest BCUT2D eigenvalue weighted by Gasteiger charge is -2.14. The van der Waals surface area contributed by atoms with Crippen LogP contribution in [0, 0.1) is 0 Å². The first-order valence-corrected chi connectivity index (χ1v) is 9.81. The van der Waals surface area contributed by atoms with Crippen LogP contribution in [0.15, 0.2) is 60.9 Å². The second kappa shape index (κ2) is 8.89. The van der Waals surface area contributed by atoms with Gasteiger partial charge in [-0.2, -0.15) is 0 Å². The van der Waals surface area contributed by atoms with Gasteiger partial charge in [0.1, 0.15) is 12.1 Å². The number of nitrogens with zero attached hydrogens (tertiary/aromatic N) is 2. The number of carbonyl (C=O) groups excluding carboxylic acids is 1. The van der Waals surface area contributed by atoms with Crippen LogP contribution in [0.3, 0.4) is 0 Å². The Balaban J connectivity index is 1.64. The smallest absolute Gasteiger partial charge is 0.255 e. The maximum absolute atomic E-state index is 12.9. The minimum absolute atomic E-state index is 0.312. The molecule has 1 N–H and O–H groups in total. The molecule has 0 aliphatic rings. The highest BCUT2D eigenvalue weighted by atomic mass is 16.5. The highest BCUT2D eigenvalue weighted by Gasteiger charge is 2.17. The fraction of sp³-hybridized carbons (Fsp3) is 0.167. The summed E-state index contributed by atoms with van der Waals surface area (Å²) in [7, 11) is 6.16. The summed E-state index contributed by atoms with van der Waals surface area (Å²) >= 11 is 0. The van der Waals surface area contributed by atoms with E-state index in [0.29, 0.717) is 28.5 Å². The number of hydrogen-bond donors (Lipinski definition) is 1. The summed E-state index contributed by atoms with van der Waals surface area (Å²) in [5.41, 5.74) is 3.49. The Morgan fingerprint density at radius 2 is 1.53 bits per heavy atom. The summed E-state index contributed by atoms with van der Waals surface area (Å²) in [6, 6.07) is 16.5. The van der Waals surface area contributed by atoms with Crippen molar-refractivity contribution >= 4 is 22.6 Å². The molecule has 0 unspecified atom stereocenters. The van der Waals surface area contributed by atoms with Crippen molar-refractivity contribution in [1.82, 2.24) is 9.55 Å². The van der Waals surface area contributed by atoms with Gasteiger partial charge >= 0.3 is 0 Å². The van der Waals surface area contributed by atoms with Gasteiger partial charge in [-0.25, -0.2) is 4.98 Å². The number of fused-ring (bicyclic) bond motifs is 1. The SMILES string of the molecule is COc1ccccc1-n1cnc2cc(NC(=O)c3cc(OC)c(OC)c(OC)c3)ccc21. The fourth-order valence-electron chi connectivity index (χ4n) is 3.53. The number of rotatable bonds is 7. The number of imidazole rings is 1. The van der Waals surface area contributed by atoms with E-state index in [1.54, 1.807) is 25.6 Å². The Hall–Kier alpha value is -4.20. The van der Waals surface area contributed by atoms with E-state index in [4.69, 9.17) is 18.9 Å². The molecule has 0 saturated heterocycles. The molecule has 32 heavy (non-hydrogen) atoms. The molecule has 164 valence electrons. The summed E-state index contributed by atoms with van der Waals surface area (Å²) in [5.74, 6) is 1.67. The van der Waals surface area contributed by atoms with Gasteiger partial charge in [-0.1, -0.05) is 12.1 Å². The first kappa shape index (κ1) is 21.0. The van der Waals surface area contributed by atoms with Crippen molar-refractivity contribution in [3.63, 3.8) is 0 Å². The minimum atomic E-state index is -0.312. The van der Waals surface area contributed by atoms with Crippen LogP contribution in [0.25, 0.3) is 16.7 Å². The maximum atomic E-state index is 12.9. The van der Waals surface area contributed by atoms with Crippen molar-refractivity contribution < 1.29 is 23.7 Å². The highest BCUT2D eigenvalue weighted by molar-refractivity contribution is 6.05. The molecule has 3 aromatic carbocycles. The molecular formula is C24H23N3O5. The average Bonchev–Trinajstić information content (AvgIpc) is 3.25. The number of aromatic nitrogens is 2. The third-order valence-electron chi connectivity index (χ3n) is 5.08. The van der Waals surface area contributed by atoms with E-state index in [2.05, 4.69) is 10.3 Å². The predicted octanol–water partition coefficient (Wildman–Crippen LogP) is 4.31. The molecule has 0 aliphatic carbocycles. The van der Waals surface area contributed by atoms with Gasteiger partial charge in [0.15, 0.2) is 11.5 Å². The fourth-order valence-corrected chi connectivity index (χ4v) is 3.53. The lowest BCUT2D eigenvalue weighted by Crippen LogP contribution is -2.12. The first-order chi connectivity index (χ1) is 15.6. The third-order valence-corrected chi connectivity index (χ3v) is 5.08. The number of hydrogen-bond acceptors (Lipinski definition) is 6. The second-order valence-corrected chi connectivity index (χ2v) is 6.86. The molecule has 8 nitrogen and oxygen atoms in total. The van der Waals surface area contributed by atoms with Crippen molar-refractivity contribution in [3.8, 4) is 28.7 Å². The molecule has 1 aromatic heterocycles. The molecule has 0 aliphatic heterocycles. The van der Waals surface area contributed by atoms with E-state index in [1.807, 2.05) is 47.0 Å². The van der Waals surface area contributed by atoms with Crippen LogP contribution in [-0.2, 0) is 0 Å². The van der Waals surface area contributed by atoms with Crippen LogP contribution < -0.4 is 24.3 Å². The van der Waals surface area contributed by atoms with Gasteiger partial charge in [0, 0.05) is 11.3 Å². The van der Waals surface area contributed by atoms with E-state index >= 15 is 0 Å². The topological polar surface area (TPSA) is 83.8 Å². The Labute approximate surface area is 185 Å². The second-order valence-electron chi connectivity index (χ2n) is 6.86. The van der Waals surface area contributed by atoms with Gasteiger partial charge in [-0.3, -0.25) is 9.36 Å². The van der Waals surface area contributed by atoms with Crippen LogP contribution in [-0.4, -0.2) is 43.9 Å². The maximum Gasteiger partial charge on any atom is 0.255 e. The molecule has 1 amide bonds. The number of carbonyl (C=O) groups is 1. The summed E-state index contributed by atoms with van der Waals surface area (Å²) in [6.45, 7) is 0. The lowest BCUT2D eigenvalue weighted by molar-refractivity contribution is 0.102.